The van der Waals surface area contributed by atoms with Gasteiger partial charge in [-0.1, -0.05) is 6.07 Å². The van der Waals surface area contributed by atoms with E-state index in [0.717, 1.165) is 0 Å². The highest BCUT2D eigenvalue weighted by atomic mass is 19.3. The summed E-state index contributed by atoms with van der Waals surface area (Å²) >= 11 is 0. The molecule has 7 nitrogen and oxygen atoms in total. The molecule has 0 aliphatic heterocycles. The van der Waals surface area contributed by atoms with Crippen LogP contribution >= 0.6 is 0 Å². The third kappa shape index (κ3) is 5.62. The summed E-state index contributed by atoms with van der Waals surface area (Å²) in [5.74, 6) is -1.03. The zero-order chi connectivity index (χ0) is 18.9. The maximum atomic E-state index is 12.4. The Morgan fingerprint density at radius 2 is 2.04 bits per heavy atom. The van der Waals surface area contributed by atoms with Crippen molar-refractivity contribution in [1.82, 2.24) is 15.8 Å². The molecule has 0 atom stereocenters. The Hall–Kier alpha value is -3.36. The summed E-state index contributed by atoms with van der Waals surface area (Å²) in [7, 11) is 0. The molecule has 2 aromatic rings. The third-order valence-corrected chi connectivity index (χ3v) is 3.05. The van der Waals surface area contributed by atoms with Gasteiger partial charge in [-0.15, -0.1) is 0 Å². The Bertz CT molecular complexity index is 776. The minimum atomic E-state index is -2.97. The predicted molar refractivity (Wildman–Crippen MR) is 89.7 cm³/mol. The van der Waals surface area contributed by atoms with Gasteiger partial charge in [0.05, 0.1) is 6.61 Å². The highest BCUT2D eigenvalue weighted by Gasteiger charge is 2.11. The van der Waals surface area contributed by atoms with Crippen molar-refractivity contribution < 1.29 is 27.8 Å². The van der Waals surface area contributed by atoms with E-state index in [1.807, 2.05) is 0 Å². The van der Waals surface area contributed by atoms with Crippen molar-refractivity contribution in [3.8, 4) is 11.5 Å². The molecule has 0 aliphatic rings. The zero-order valence-electron chi connectivity index (χ0n) is 13.8. The van der Waals surface area contributed by atoms with E-state index in [1.54, 1.807) is 25.3 Å². The summed E-state index contributed by atoms with van der Waals surface area (Å²) in [6.45, 7) is -1.00. The highest BCUT2D eigenvalue weighted by Crippen LogP contribution is 2.30. The lowest BCUT2D eigenvalue weighted by Gasteiger charge is -2.11. The van der Waals surface area contributed by atoms with Gasteiger partial charge in [-0.25, -0.2) is 0 Å². The molecular formula is C17H17F2N3O4. The van der Waals surface area contributed by atoms with Crippen LogP contribution < -0.4 is 20.3 Å². The number of carbonyl (C=O) groups excluding carboxylic acids is 2. The summed E-state index contributed by atoms with van der Waals surface area (Å²) in [4.78, 5) is 26.1. The van der Waals surface area contributed by atoms with Crippen molar-refractivity contribution in [3.05, 3.63) is 53.9 Å². The van der Waals surface area contributed by atoms with Crippen LogP contribution in [0.1, 0.15) is 23.0 Å². The number of ether oxygens (including phenoxy) is 2. The second-order valence-electron chi connectivity index (χ2n) is 4.88. The Morgan fingerprint density at radius 3 is 2.69 bits per heavy atom. The lowest BCUT2D eigenvalue weighted by atomic mass is 10.2. The van der Waals surface area contributed by atoms with E-state index in [0.29, 0.717) is 11.3 Å². The zero-order valence-corrected chi connectivity index (χ0v) is 13.8. The minimum Gasteiger partial charge on any atom is -0.490 e. The summed E-state index contributed by atoms with van der Waals surface area (Å²) in [5.41, 5.74) is 5.28. The van der Waals surface area contributed by atoms with Crippen LogP contribution in [0.3, 0.4) is 0 Å². The monoisotopic (exact) mass is 365 g/mol. The number of aromatic amines is 1. The largest absolute Gasteiger partial charge is 0.490 e. The number of H-pyrrole nitrogens is 1. The van der Waals surface area contributed by atoms with Gasteiger partial charge in [-0.05, 0) is 42.8 Å². The number of halogens is 2. The summed E-state index contributed by atoms with van der Waals surface area (Å²) in [6.07, 6.45) is 4.19. The average molecular weight is 365 g/mol. The minimum absolute atomic E-state index is 0.0957. The fraction of sp³-hybridized carbons (Fsp3) is 0.176. The first-order chi connectivity index (χ1) is 12.5. The molecule has 0 spiro atoms. The molecule has 138 valence electrons. The first-order valence-corrected chi connectivity index (χ1v) is 7.63. The van der Waals surface area contributed by atoms with E-state index in [2.05, 4.69) is 20.6 Å². The van der Waals surface area contributed by atoms with Crippen LogP contribution in [0.4, 0.5) is 8.78 Å². The molecule has 1 aromatic carbocycles. The lowest BCUT2D eigenvalue weighted by molar-refractivity contribution is -0.117. The Kier molecular flexibility index (Phi) is 6.72. The highest BCUT2D eigenvalue weighted by molar-refractivity contribution is 5.96. The standard InChI is InChI=1S/C17H17F2N3O4/c1-2-25-14-10-11(5-7-13(14)26-17(18)19)6-8-15(23)21-22-16(24)12-4-3-9-20-12/h3-10,17,20H,2H2,1H3,(H,21,23)(H,22,24)/b8-6+. The molecule has 0 aliphatic carbocycles. The molecule has 0 bridgehead atoms. The predicted octanol–water partition coefficient (Wildman–Crippen LogP) is 2.49. The van der Waals surface area contributed by atoms with E-state index >= 15 is 0 Å². The summed E-state index contributed by atoms with van der Waals surface area (Å²) in [5, 5.41) is 0. The number of hydrogen-bond acceptors (Lipinski definition) is 4. The fourth-order valence-corrected chi connectivity index (χ4v) is 1.96. The molecule has 1 heterocycles. The fourth-order valence-electron chi connectivity index (χ4n) is 1.96. The number of aromatic nitrogens is 1. The second kappa shape index (κ2) is 9.21. The first-order valence-electron chi connectivity index (χ1n) is 7.63. The first kappa shape index (κ1) is 19.0. The van der Waals surface area contributed by atoms with Crippen molar-refractivity contribution >= 4 is 17.9 Å². The number of nitrogens with one attached hydrogen (secondary N) is 3. The van der Waals surface area contributed by atoms with Crippen LogP contribution in [-0.4, -0.2) is 30.0 Å². The molecular weight excluding hydrogens is 348 g/mol. The molecule has 26 heavy (non-hydrogen) atoms. The van der Waals surface area contributed by atoms with Crippen LogP contribution in [-0.2, 0) is 4.79 Å². The number of hydrazine groups is 1. The normalized spacial score (nSPS) is 10.8. The maximum Gasteiger partial charge on any atom is 0.387 e. The van der Waals surface area contributed by atoms with Gasteiger partial charge < -0.3 is 14.5 Å². The van der Waals surface area contributed by atoms with Gasteiger partial charge in [0.25, 0.3) is 11.8 Å². The van der Waals surface area contributed by atoms with Crippen molar-refractivity contribution in [2.45, 2.75) is 13.5 Å². The van der Waals surface area contributed by atoms with Crippen molar-refractivity contribution in [2.75, 3.05) is 6.61 Å². The molecule has 0 fully saturated rings. The van der Waals surface area contributed by atoms with Crippen molar-refractivity contribution in [2.24, 2.45) is 0 Å². The molecule has 2 rings (SSSR count). The van der Waals surface area contributed by atoms with E-state index in [-0.39, 0.29) is 18.1 Å². The average Bonchev–Trinajstić information content (AvgIpc) is 3.14. The van der Waals surface area contributed by atoms with Gasteiger partial charge in [0.2, 0.25) is 0 Å². The second-order valence-corrected chi connectivity index (χ2v) is 4.88. The van der Waals surface area contributed by atoms with Crippen molar-refractivity contribution in [3.63, 3.8) is 0 Å². The SMILES string of the molecule is CCOc1cc(/C=C/C(=O)NNC(=O)c2ccc[nH]2)ccc1OC(F)F. The van der Waals surface area contributed by atoms with E-state index in [1.165, 1.54) is 30.4 Å². The summed E-state index contributed by atoms with van der Waals surface area (Å²) in [6, 6.07) is 7.47. The van der Waals surface area contributed by atoms with Gasteiger partial charge in [0.1, 0.15) is 5.69 Å². The number of benzene rings is 1. The topological polar surface area (TPSA) is 92.5 Å². The summed E-state index contributed by atoms with van der Waals surface area (Å²) < 4.78 is 34.4. The molecule has 2 amide bonds. The van der Waals surface area contributed by atoms with Gasteiger partial charge >= 0.3 is 6.61 Å². The molecule has 0 radical (unpaired) electrons. The van der Waals surface area contributed by atoms with Crippen LogP contribution in [0.25, 0.3) is 6.08 Å². The number of hydrogen-bond donors (Lipinski definition) is 3. The van der Waals surface area contributed by atoms with Crippen LogP contribution in [0, 0.1) is 0 Å². The molecule has 3 N–H and O–H groups in total. The quantitative estimate of drug-likeness (QED) is 0.519. The van der Waals surface area contributed by atoms with Gasteiger partial charge in [-0.3, -0.25) is 20.4 Å². The molecule has 1 aromatic heterocycles. The Morgan fingerprint density at radius 1 is 1.23 bits per heavy atom. The van der Waals surface area contributed by atoms with Crippen molar-refractivity contribution in [1.29, 1.82) is 0 Å². The van der Waals surface area contributed by atoms with Gasteiger partial charge in [0, 0.05) is 12.3 Å². The maximum absolute atomic E-state index is 12.4. The van der Waals surface area contributed by atoms with Crippen LogP contribution in [0.5, 0.6) is 11.5 Å². The Labute approximate surface area is 148 Å². The molecule has 0 saturated heterocycles. The van der Waals surface area contributed by atoms with Gasteiger partial charge in [0.15, 0.2) is 11.5 Å². The third-order valence-electron chi connectivity index (χ3n) is 3.05. The lowest BCUT2D eigenvalue weighted by Crippen LogP contribution is -2.40. The Balaban J connectivity index is 1.96. The van der Waals surface area contributed by atoms with Crippen LogP contribution in [0.2, 0.25) is 0 Å². The van der Waals surface area contributed by atoms with E-state index in [9.17, 15) is 18.4 Å². The number of rotatable bonds is 7. The number of amides is 2. The van der Waals surface area contributed by atoms with E-state index in [4.69, 9.17) is 4.74 Å². The smallest absolute Gasteiger partial charge is 0.387 e. The van der Waals surface area contributed by atoms with E-state index < -0.39 is 18.4 Å². The van der Waals surface area contributed by atoms with Crippen LogP contribution in [0.15, 0.2) is 42.6 Å². The number of carbonyl (C=O) groups is 2. The van der Waals surface area contributed by atoms with Gasteiger partial charge in [-0.2, -0.15) is 8.78 Å². The number of alkyl halides is 2. The molecule has 0 saturated carbocycles. The molecule has 9 heteroatoms. The molecule has 0 unspecified atom stereocenters.